The number of carbonyl (C=O) groups is 1. The van der Waals surface area contributed by atoms with Crippen molar-refractivity contribution in [3.8, 4) is 11.5 Å². The molecule has 0 aliphatic rings. The molecule has 0 aliphatic heterocycles. The van der Waals surface area contributed by atoms with E-state index in [1.165, 1.54) is 18.3 Å². The van der Waals surface area contributed by atoms with E-state index in [1.807, 2.05) is 0 Å². The molecule has 0 bridgehead atoms. The standard InChI is InChI=1S/C15H13Cl2NO4/c16-11-8-10(19)9-12(17)14(11)21-6-3-7-22-15(20)13-4-1-2-5-18-13/h1-2,4-5,8-9,19H,3,6-7H2. The number of hydrogen-bond donors (Lipinski definition) is 1. The summed E-state index contributed by atoms with van der Waals surface area (Å²) in [4.78, 5) is 15.5. The number of aromatic hydroxyl groups is 1. The molecule has 0 saturated carbocycles. The van der Waals surface area contributed by atoms with E-state index >= 15 is 0 Å². The average Bonchev–Trinajstić information content (AvgIpc) is 2.49. The highest BCUT2D eigenvalue weighted by atomic mass is 35.5. The van der Waals surface area contributed by atoms with Gasteiger partial charge in [-0.2, -0.15) is 0 Å². The van der Waals surface area contributed by atoms with Crippen molar-refractivity contribution in [2.24, 2.45) is 0 Å². The Morgan fingerprint density at radius 1 is 1.18 bits per heavy atom. The lowest BCUT2D eigenvalue weighted by Gasteiger charge is -2.10. The van der Waals surface area contributed by atoms with Crippen molar-refractivity contribution < 1.29 is 19.4 Å². The summed E-state index contributed by atoms with van der Waals surface area (Å²) in [7, 11) is 0. The molecule has 0 spiro atoms. The number of pyridine rings is 1. The molecule has 2 aromatic rings. The van der Waals surface area contributed by atoms with Crippen LogP contribution in [0.4, 0.5) is 0 Å². The Morgan fingerprint density at radius 2 is 1.91 bits per heavy atom. The minimum atomic E-state index is -0.485. The summed E-state index contributed by atoms with van der Waals surface area (Å²) in [6.45, 7) is 0.447. The summed E-state index contributed by atoms with van der Waals surface area (Å²) in [6.07, 6.45) is 1.99. The van der Waals surface area contributed by atoms with Gasteiger partial charge in [-0.1, -0.05) is 29.3 Å². The van der Waals surface area contributed by atoms with E-state index < -0.39 is 5.97 Å². The smallest absolute Gasteiger partial charge is 0.356 e. The highest BCUT2D eigenvalue weighted by Gasteiger charge is 2.10. The maximum atomic E-state index is 11.6. The van der Waals surface area contributed by atoms with Gasteiger partial charge < -0.3 is 14.6 Å². The Hall–Kier alpha value is -1.98. The van der Waals surface area contributed by atoms with Gasteiger partial charge in [0.05, 0.1) is 23.3 Å². The largest absolute Gasteiger partial charge is 0.508 e. The number of esters is 1. The zero-order chi connectivity index (χ0) is 15.9. The fraction of sp³-hybridized carbons (Fsp3) is 0.200. The van der Waals surface area contributed by atoms with E-state index in [9.17, 15) is 9.90 Å². The molecular weight excluding hydrogens is 329 g/mol. The maximum Gasteiger partial charge on any atom is 0.356 e. The van der Waals surface area contributed by atoms with Gasteiger partial charge in [-0.3, -0.25) is 0 Å². The molecule has 2 rings (SSSR count). The molecule has 22 heavy (non-hydrogen) atoms. The van der Waals surface area contributed by atoms with Gasteiger partial charge >= 0.3 is 5.97 Å². The molecule has 7 heteroatoms. The van der Waals surface area contributed by atoms with Crippen LogP contribution in [0.5, 0.6) is 11.5 Å². The lowest BCUT2D eigenvalue weighted by molar-refractivity contribution is 0.0479. The first-order valence-corrected chi connectivity index (χ1v) is 7.22. The molecule has 1 aromatic carbocycles. The number of nitrogens with zero attached hydrogens (tertiary/aromatic N) is 1. The van der Waals surface area contributed by atoms with Crippen LogP contribution in [0.1, 0.15) is 16.9 Å². The summed E-state index contributed by atoms with van der Waals surface area (Å²) in [6, 6.07) is 7.68. The number of phenolic OH excluding ortho intramolecular Hbond substituents is 1. The van der Waals surface area contributed by atoms with Gasteiger partial charge in [-0.25, -0.2) is 9.78 Å². The van der Waals surface area contributed by atoms with Crippen LogP contribution in [-0.4, -0.2) is 29.3 Å². The Balaban J connectivity index is 1.75. The van der Waals surface area contributed by atoms with E-state index in [4.69, 9.17) is 32.7 Å². The first-order chi connectivity index (χ1) is 10.6. The van der Waals surface area contributed by atoms with E-state index in [0.29, 0.717) is 6.42 Å². The fourth-order valence-corrected chi connectivity index (χ4v) is 2.22. The summed E-state index contributed by atoms with van der Waals surface area (Å²) in [5.41, 5.74) is 0.257. The van der Waals surface area contributed by atoms with Crippen molar-refractivity contribution in [2.45, 2.75) is 6.42 Å². The van der Waals surface area contributed by atoms with Crippen LogP contribution < -0.4 is 4.74 Å². The number of benzene rings is 1. The molecule has 0 aliphatic carbocycles. The van der Waals surface area contributed by atoms with Gasteiger partial charge in [0.25, 0.3) is 0 Å². The van der Waals surface area contributed by atoms with Crippen molar-refractivity contribution in [1.29, 1.82) is 0 Å². The third kappa shape index (κ3) is 4.51. The molecule has 1 heterocycles. The second kappa shape index (κ2) is 7.87. The van der Waals surface area contributed by atoms with Gasteiger partial charge in [-0.15, -0.1) is 0 Å². The van der Waals surface area contributed by atoms with Crippen LogP contribution in [0, 0.1) is 0 Å². The molecule has 0 radical (unpaired) electrons. The van der Waals surface area contributed by atoms with Gasteiger partial charge in [0.1, 0.15) is 11.4 Å². The first-order valence-electron chi connectivity index (χ1n) is 6.47. The molecule has 1 N–H and O–H groups in total. The van der Waals surface area contributed by atoms with E-state index in [2.05, 4.69) is 4.98 Å². The summed E-state index contributed by atoms with van der Waals surface area (Å²) in [5.74, 6) is -0.231. The topological polar surface area (TPSA) is 68.7 Å². The lowest BCUT2D eigenvalue weighted by Crippen LogP contribution is -2.10. The predicted octanol–water partition coefficient (Wildman–Crippen LogP) is 3.72. The SMILES string of the molecule is O=C(OCCCOc1c(Cl)cc(O)cc1Cl)c1ccccn1. The normalized spacial score (nSPS) is 10.3. The Bertz CT molecular complexity index is 626. The summed E-state index contributed by atoms with van der Waals surface area (Å²) < 4.78 is 10.5. The second-order valence-corrected chi connectivity index (χ2v) is 5.11. The van der Waals surface area contributed by atoms with Crippen molar-refractivity contribution >= 4 is 29.2 Å². The Morgan fingerprint density at radius 3 is 2.55 bits per heavy atom. The quantitative estimate of drug-likeness (QED) is 0.640. The predicted molar refractivity (Wildman–Crippen MR) is 82.8 cm³/mol. The van der Waals surface area contributed by atoms with Crippen molar-refractivity contribution in [3.63, 3.8) is 0 Å². The number of ether oxygens (including phenoxy) is 2. The number of carbonyl (C=O) groups excluding carboxylic acids is 1. The van der Waals surface area contributed by atoms with Crippen molar-refractivity contribution in [2.75, 3.05) is 13.2 Å². The average molecular weight is 342 g/mol. The van der Waals surface area contributed by atoms with E-state index in [-0.39, 0.29) is 40.5 Å². The van der Waals surface area contributed by atoms with Gasteiger partial charge in [0.15, 0.2) is 5.75 Å². The lowest BCUT2D eigenvalue weighted by atomic mass is 10.3. The van der Waals surface area contributed by atoms with E-state index in [1.54, 1.807) is 18.2 Å². The van der Waals surface area contributed by atoms with Crippen molar-refractivity contribution in [3.05, 3.63) is 52.3 Å². The van der Waals surface area contributed by atoms with E-state index in [0.717, 1.165) is 0 Å². The first kappa shape index (κ1) is 16.4. The summed E-state index contributed by atoms with van der Waals surface area (Å²) in [5, 5.41) is 9.75. The highest BCUT2D eigenvalue weighted by molar-refractivity contribution is 6.37. The zero-order valence-corrected chi connectivity index (χ0v) is 13.0. The van der Waals surface area contributed by atoms with Crippen LogP contribution in [-0.2, 0) is 4.74 Å². The Kier molecular flexibility index (Phi) is 5.86. The molecule has 5 nitrogen and oxygen atoms in total. The third-order valence-corrected chi connectivity index (χ3v) is 3.19. The maximum absolute atomic E-state index is 11.6. The third-order valence-electron chi connectivity index (χ3n) is 2.63. The van der Waals surface area contributed by atoms with Gasteiger partial charge in [-0.05, 0) is 12.1 Å². The molecule has 0 fully saturated rings. The monoisotopic (exact) mass is 341 g/mol. The van der Waals surface area contributed by atoms with Gasteiger partial charge in [0.2, 0.25) is 0 Å². The van der Waals surface area contributed by atoms with Crippen molar-refractivity contribution in [1.82, 2.24) is 4.98 Å². The number of phenols is 1. The van der Waals surface area contributed by atoms with Gasteiger partial charge in [0, 0.05) is 24.8 Å². The minimum Gasteiger partial charge on any atom is -0.508 e. The molecule has 0 unspecified atom stereocenters. The molecule has 0 atom stereocenters. The fourth-order valence-electron chi connectivity index (χ4n) is 1.64. The van der Waals surface area contributed by atoms with Crippen LogP contribution in [0.2, 0.25) is 10.0 Å². The van der Waals surface area contributed by atoms with Crippen LogP contribution in [0.15, 0.2) is 36.5 Å². The number of aromatic nitrogens is 1. The number of rotatable bonds is 6. The number of halogens is 2. The summed E-state index contributed by atoms with van der Waals surface area (Å²) >= 11 is 11.8. The van der Waals surface area contributed by atoms with Crippen LogP contribution in [0.3, 0.4) is 0 Å². The Labute approximate surface area is 137 Å². The second-order valence-electron chi connectivity index (χ2n) is 4.29. The number of hydrogen-bond acceptors (Lipinski definition) is 5. The highest BCUT2D eigenvalue weighted by Crippen LogP contribution is 2.36. The molecule has 0 amide bonds. The molecule has 0 saturated heterocycles. The van der Waals surface area contributed by atoms with Crippen LogP contribution in [0.25, 0.3) is 0 Å². The van der Waals surface area contributed by atoms with Crippen LogP contribution >= 0.6 is 23.2 Å². The molecular formula is C15H13Cl2NO4. The molecule has 1 aromatic heterocycles. The minimum absolute atomic E-state index is 0.0355. The molecule has 116 valence electrons. The zero-order valence-electron chi connectivity index (χ0n) is 11.5.